The number of nitrogens with zero attached hydrogens (tertiary/aromatic N) is 1. The highest BCUT2D eigenvalue weighted by molar-refractivity contribution is 6.01. The van der Waals surface area contributed by atoms with E-state index in [4.69, 9.17) is 4.84 Å². The topological polar surface area (TPSA) is 124 Å². The molecule has 11 atom stereocenters. The molecule has 0 aromatic carbocycles. The molecule has 202 valence electrons. The van der Waals surface area contributed by atoms with Crippen LogP contribution in [0.15, 0.2) is 0 Å². The lowest BCUT2D eigenvalue weighted by Gasteiger charge is -2.63. The number of amides is 2. The summed E-state index contributed by atoms with van der Waals surface area (Å²) < 4.78 is 0. The van der Waals surface area contributed by atoms with E-state index in [1.54, 1.807) is 0 Å². The van der Waals surface area contributed by atoms with Gasteiger partial charge in [-0.3, -0.25) is 9.59 Å². The first-order chi connectivity index (χ1) is 17.0. The van der Waals surface area contributed by atoms with Gasteiger partial charge in [0.25, 0.3) is 11.8 Å². The van der Waals surface area contributed by atoms with Crippen molar-refractivity contribution >= 4 is 17.8 Å². The molecule has 0 bridgehead atoms. The third-order valence-electron chi connectivity index (χ3n) is 11.5. The van der Waals surface area contributed by atoms with Crippen LogP contribution in [0.1, 0.15) is 91.4 Å². The van der Waals surface area contributed by atoms with Crippen LogP contribution in [0.3, 0.4) is 0 Å². The molecule has 5 fully saturated rings. The summed E-state index contributed by atoms with van der Waals surface area (Å²) in [6.45, 7) is 6.64. The molecule has 5 aliphatic rings. The van der Waals surface area contributed by atoms with Crippen LogP contribution in [0.2, 0.25) is 0 Å². The Morgan fingerprint density at radius 3 is 2.42 bits per heavy atom. The van der Waals surface area contributed by atoms with Crippen LogP contribution in [0.5, 0.6) is 0 Å². The van der Waals surface area contributed by atoms with Crippen LogP contribution in [0.25, 0.3) is 0 Å². The van der Waals surface area contributed by atoms with E-state index >= 15 is 0 Å². The van der Waals surface area contributed by atoms with Crippen LogP contribution in [-0.2, 0) is 19.2 Å². The fourth-order valence-corrected chi connectivity index (χ4v) is 9.48. The molecule has 8 nitrogen and oxygen atoms in total. The molecule has 2 amide bonds. The third-order valence-corrected chi connectivity index (χ3v) is 11.5. The van der Waals surface area contributed by atoms with Gasteiger partial charge in [-0.2, -0.15) is 0 Å². The minimum absolute atomic E-state index is 0.0450. The number of imide groups is 1. The molecule has 0 aromatic rings. The molecule has 36 heavy (non-hydrogen) atoms. The maximum Gasteiger partial charge on any atom is 0.333 e. The number of hydroxylamine groups is 2. The molecule has 1 saturated heterocycles. The highest BCUT2D eigenvalue weighted by Gasteiger charge is 2.65. The molecule has 1 heterocycles. The molecular weight excluding hydrogens is 462 g/mol. The number of carbonyl (C=O) groups excluding carboxylic acids is 3. The summed E-state index contributed by atoms with van der Waals surface area (Å²) in [5, 5.41) is 33.9. The van der Waals surface area contributed by atoms with E-state index in [0.717, 1.165) is 38.5 Å². The lowest BCUT2D eigenvalue weighted by atomic mass is 9.43. The minimum Gasteiger partial charge on any atom is -0.393 e. The predicted octanol–water partition coefficient (Wildman–Crippen LogP) is 2.97. The first-order valence-corrected chi connectivity index (χ1v) is 14.1. The van der Waals surface area contributed by atoms with Crippen LogP contribution >= 0.6 is 0 Å². The molecular formula is C28H43NO7. The summed E-state index contributed by atoms with van der Waals surface area (Å²) in [5.41, 5.74) is -0.285. The molecule has 0 aromatic heterocycles. The summed E-state index contributed by atoms with van der Waals surface area (Å²) in [5.74, 6) is -0.213. The quantitative estimate of drug-likeness (QED) is 0.491. The van der Waals surface area contributed by atoms with Gasteiger partial charge in [0.05, 0.1) is 18.3 Å². The second-order valence-electron chi connectivity index (χ2n) is 13.1. The Balaban J connectivity index is 1.27. The van der Waals surface area contributed by atoms with Crippen LogP contribution in [0, 0.1) is 46.3 Å². The number of aliphatic hydroxyl groups is 3. The summed E-state index contributed by atoms with van der Waals surface area (Å²) in [6, 6.07) is 0. The molecule has 8 heteroatoms. The molecule has 1 aliphatic heterocycles. The number of fused-ring (bicyclic) bond motifs is 5. The largest absolute Gasteiger partial charge is 0.393 e. The number of hydrogen-bond acceptors (Lipinski definition) is 7. The summed E-state index contributed by atoms with van der Waals surface area (Å²) in [4.78, 5) is 40.9. The molecule has 0 radical (unpaired) electrons. The smallest absolute Gasteiger partial charge is 0.333 e. The number of hydrogen-bond donors (Lipinski definition) is 3. The Bertz CT molecular complexity index is 892. The number of aliphatic hydroxyl groups excluding tert-OH is 3. The Morgan fingerprint density at radius 2 is 1.72 bits per heavy atom. The second-order valence-corrected chi connectivity index (χ2v) is 13.1. The zero-order valence-corrected chi connectivity index (χ0v) is 21.9. The summed E-state index contributed by atoms with van der Waals surface area (Å²) in [7, 11) is 0. The van der Waals surface area contributed by atoms with E-state index in [2.05, 4.69) is 20.8 Å². The van der Waals surface area contributed by atoms with E-state index in [1.807, 2.05) is 0 Å². The average molecular weight is 506 g/mol. The van der Waals surface area contributed by atoms with Gasteiger partial charge in [0, 0.05) is 19.3 Å². The normalized spacial score (nSPS) is 47.2. The van der Waals surface area contributed by atoms with Gasteiger partial charge in [-0.05, 0) is 97.7 Å². The lowest BCUT2D eigenvalue weighted by Crippen LogP contribution is -2.62. The zero-order valence-electron chi connectivity index (χ0n) is 21.9. The molecule has 4 aliphatic carbocycles. The van der Waals surface area contributed by atoms with Gasteiger partial charge in [-0.25, -0.2) is 4.79 Å². The van der Waals surface area contributed by atoms with Crippen molar-refractivity contribution in [2.24, 2.45) is 46.3 Å². The van der Waals surface area contributed by atoms with Crippen molar-refractivity contribution in [1.29, 1.82) is 0 Å². The van der Waals surface area contributed by atoms with Gasteiger partial charge >= 0.3 is 5.97 Å². The van der Waals surface area contributed by atoms with Crippen LogP contribution in [0.4, 0.5) is 0 Å². The summed E-state index contributed by atoms with van der Waals surface area (Å²) >= 11 is 0. The van der Waals surface area contributed by atoms with Crippen molar-refractivity contribution in [3.8, 4) is 0 Å². The highest BCUT2D eigenvalue weighted by Crippen LogP contribution is 2.68. The standard InChI is InChI=1S/C28H43NO7/c1-15(4-9-25(35)36-29-23(33)7-8-24(29)34)18-5-6-19-26-20(14-22(32)28(18,19)3)27(2)11-10-17(30)12-16(27)13-21(26)31/h15-22,26,30-32H,4-14H2,1-3H3/t15-,16+,17-,18?,19+,20?,21+,22?,26-,27?,28?/m1/s1. The zero-order chi connectivity index (χ0) is 26.0. The van der Waals surface area contributed by atoms with Gasteiger partial charge in [0.2, 0.25) is 0 Å². The van der Waals surface area contributed by atoms with E-state index in [9.17, 15) is 29.7 Å². The van der Waals surface area contributed by atoms with E-state index < -0.39 is 30.0 Å². The Labute approximate surface area is 213 Å². The van der Waals surface area contributed by atoms with Crippen molar-refractivity contribution in [3.05, 3.63) is 0 Å². The average Bonchev–Trinajstić information content (AvgIpc) is 3.34. The van der Waals surface area contributed by atoms with Gasteiger partial charge in [0.15, 0.2) is 0 Å². The fraction of sp³-hybridized carbons (Fsp3) is 0.893. The SMILES string of the molecule is C[C@H](CCC(=O)ON1C(=O)CCC1=O)C1CC[C@H]2[C@@H]3C(CC(O)C12C)C1(C)CC[C@@H](O)C[C@H]1C[C@@H]3O. The molecule has 5 rings (SSSR count). The highest BCUT2D eigenvalue weighted by atomic mass is 16.7. The van der Waals surface area contributed by atoms with Crippen molar-refractivity contribution in [2.45, 2.75) is 110 Å². The maximum atomic E-state index is 12.4. The molecule has 4 saturated carbocycles. The first kappa shape index (κ1) is 26.1. The molecule has 5 unspecified atom stereocenters. The third kappa shape index (κ3) is 4.02. The Morgan fingerprint density at radius 1 is 1.03 bits per heavy atom. The van der Waals surface area contributed by atoms with Crippen molar-refractivity contribution < 1.29 is 34.5 Å². The van der Waals surface area contributed by atoms with Crippen LogP contribution < -0.4 is 0 Å². The Kier molecular flexibility index (Phi) is 6.78. The first-order valence-electron chi connectivity index (χ1n) is 14.1. The molecule has 3 N–H and O–H groups in total. The van der Waals surface area contributed by atoms with Gasteiger partial charge in [-0.15, -0.1) is 5.06 Å². The van der Waals surface area contributed by atoms with E-state index in [0.29, 0.717) is 23.8 Å². The summed E-state index contributed by atoms with van der Waals surface area (Å²) in [6.07, 6.45) is 5.50. The van der Waals surface area contributed by atoms with Gasteiger partial charge in [-0.1, -0.05) is 20.8 Å². The van der Waals surface area contributed by atoms with Gasteiger partial charge < -0.3 is 20.2 Å². The van der Waals surface area contributed by atoms with E-state index in [1.165, 1.54) is 0 Å². The van der Waals surface area contributed by atoms with Crippen molar-refractivity contribution in [1.82, 2.24) is 5.06 Å². The second kappa shape index (κ2) is 9.35. The lowest BCUT2D eigenvalue weighted by molar-refractivity contribution is -0.207. The predicted molar refractivity (Wildman–Crippen MR) is 130 cm³/mol. The Hall–Kier alpha value is -1.51. The van der Waals surface area contributed by atoms with E-state index in [-0.39, 0.29) is 65.8 Å². The fourth-order valence-electron chi connectivity index (χ4n) is 9.48. The van der Waals surface area contributed by atoms with Crippen molar-refractivity contribution in [3.63, 3.8) is 0 Å². The van der Waals surface area contributed by atoms with Crippen molar-refractivity contribution in [2.75, 3.05) is 0 Å². The monoisotopic (exact) mass is 505 g/mol. The van der Waals surface area contributed by atoms with Gasteiger partial charge in [0.1, 0.15) is 0 Å². The molecule has 0 spiro atoms. The number of carbonyl (C=O) groups is 3. The minimum atomic E-state index is -0.574. The maximum absolute atomic E-state index is 12.4. The number of rotatable bonds is 5. The van der Waals surface area contributed by atoms with Crippen LogP contribution in [-0.4, -0.2) is 56.5 Å².